The van der Waals surface area contributed by atoms with E-state index >= 15 is 0 Å². The summed E-state index contributed by atoms with van der Waals surface area (Å²) in [7, 11) is 0. The molecule has 6 aromatic heterocycles. The van der Waals surface area contributed by atoms with Gasteiger partial charge in [0.05, 0.1) is 44.8 Å². The SMILES string of the molecule is c1ccc(-c2cc(-c3ccccc3)cc(-c3cccc(-c4cc(-c5cccc6c5oc5ccccc56)nc(-c5cccc(-c6cccc7c6c6cc(-c8ccccc8)ccc6n7-c6ccccc6)c5)n4)c3)c2)cc1.c1ccc(-c2cccc(-c3cc(-c4cccc(-c5ccc6sc7ccccc7c6c5)c4)nc(-c4cccc(-c5cccc6c5c5cc(-c7ccccc7)ccc5n6-c5ccccc5)c4)n3)c2)cc1. The quantitative estimate of drug-likeness (QED) is 0.0908. The van der Waals surface area contributed by atoms with Crippen molar-refractivity contribution in [1.29, 1.82) is 0 Å². The van der Waals surface area contributed by atoms with Crippen molar-refractivity contribution < 1.29 is 4.42 Å². The van der Waals surface area contributed by atoms with Crippen molar-refractivity contribution >= 4 is 97.1 Å². The summed E-state index contributed by atoms with van der Waals surface area (Å²) in [6, 6.07) is 186. The standard InChI is InChI=1S/C70H45N3O.C64H41N3S/c1-5-19-46(20-6-1)50-37-38-65-62(44-50)68-58(32-18-35-66(68)73(65)57-29-11-4-12-30-57)51-26-16-28-53(40-51)70-71-63(45-64(72-70)61-34-17-33-60-59-31-13-14-36-67(59)74-69(60)61)52-27-15-25-49(39-52)56-42-54(47-21-7-2-8-22-47)41-55(43-56)48-23-9-3-10-24-48;1-4-16-42(17-5-1)44-20-12-23-49(36-44)57-41-58(50-24-13-21-45(37-50)47-33-35-62-55(39-47)54-28-10-11-31-61(54)68-62)66-64(65-57)51-25-14-22-48(38-51)53-29-15-30-60-63(53)56-40-46(43-18-6-2-7-19-43)32-34-59(56)67(60)52-26-8-3-9-27-52/h1-45H;1-41H. The van der Waals surface area contributed by atoms with Crippen LogP contribution in [0.15, 0.2) is 526 Å². The topological polar surface area (TPSA) is 74.6 Å². The number of para-hydroxylation sites is 4. The van der Waals surface area contributed by atoms with Gasteiger partial charge in [0, 0.05) is 97.2 Å². The number of fused-ring (bicyclic) bond motifs is 12. The summed E-state index contributed by atoms with van der Waals surface area (Å²) in [5.41, 5.74) is 38.4. The third kappa shape index (κ3) is 15.7. The fraction of sp³-hybridized carbons (Fsp3) is 0. The van der Waals surface area contributed by atoms with E-state index in [1.54, 1.807) is 0 Å². The Morgan fingerprint density at radius 1 is 0.169 bits per heavy atom. The summed E-state index contributed by atoms with van der Waals surface area (Å²) < 4.78 is 14.0. The minimum absolute atomic E-state index is 0.626. The number of furan rings is 1. The van der Waals surface area contributed by atoms with Crippen molar-refractivity contribution in [3.8, 4) is 179 Å². The van der Waals surface area contributed by atoms with E-state index in [0.29, 0.717) is 11.6 Å². The maximum Gasteiger partial charge on any atom is 0.160 e. The average Bonchev–Trinajstić information content (AvgIpc) is 1.57. The molecule has 27 rings (SSSR count). The van der Waals surface area contributed by atoms with E-state index in [-0.39, 0.29) is 0 Å². The van der Waals surface area contributed by atoms with Gasteiger partial charge in [0.25, 0.3) is 0 Å². The molecule has 0 unspecified atom stereocenters. The zero-order valence-electron chi connectivity index (χ0n) is 77.2. The maximum atomic E-state index is 6.66. The first kappa shape index (κ1) is 83.9. The highest BCUT2D eigenvalue weighted by Gasteiger charge is 2.25. The Balaban J connectivity index is 0.000000146. The lowest BCUT2D eigenvalue weighted by Crippen LogP contribution is -1.97. The van der Waals surface area contributed by atoms with Gasteiger partial charge in [-0.3, -0.25) is 0 Å². The molecule has 0 N–H and O–H groups in total. The highest BCUT2D eigenvalue weighted by atomic mass is 32.1. The van der Waals surface area contributed by atoms with Crippen LogP contribution >= 0.6 is 11.3 Å². The van der Waals surface area contributed by atoms with E-state index in [1.807, 2.05) is 23.5 Å². The first-order chi connectivity index (χ1) is 70.3. The van der Waals surface area contributed by atoms with Crippen molar-refractivity contribution in [3.05, 3.63) is 522 Å². The lowest BCUT2D eigenvalue weighted by Gasteiger charge is -2.14. The smallest absolute Gasteiger partial charge is 0.160 e. The Kier molecular flexibility index (Phi) is 21.4. The molecule has 0 aliphatic carbocycles. The number of aromatic nitrogens is 6. The second-order valence-electron chi connectivity index (χ2n) is 36.3. The molecule has 7 nitrogen and oxygen atoms in total. The van der Waals surface area contributed by atoms with Crippen LogP contribution in [0, 0.1) is 0 Å². The molecule has 27 aromatic rings. The molecule has 0 fully saturated rings. The summed E-state index contributed by atoms with van der Waals surface area (Å²) in [4.78, 5) is 21.7. The van der Waals surface area contributed by atoms with E-state index < -0.39 is 0 Å². The minimum atomic E-state index is 0.626. The van der Waals surface area contributed by atoms with Crippen molar-refractivity contribution in [2.75, 3.05) is 0 Å². The van der Waals surface area contributed by atoms with E-state index in [1.165, 1.54) is 91.7 Å². The number of hydrogen-bond donors (Lipinski definition) is 0. The van der Waals surface area contributed by atoms with Crippen LogP contribution < -0.4 is 0 Å². The Morgan fingerprint density at radius 2 is 0.472 bits per heavy atom. The van der Waals surface area contributed by atoms with Crippen LogP contribution in [-0.4, -0.2) is 29.1 Å². The fourth-order valence-corrected chi connectivity index (χ4v) is 21.9. The van der Waals surface area contributed by atoms with Gasteiger partial charge in [0.1, 0.15) is 11.2 Å². The van der Waals surface area contributed by atoms with Crippen LogP contribution in [-0.2, 0) is 0 Å². The average molecular weight is 1830 g/mol. The summed E-state index contributed by atoms with van der Waals surface area (Å²) in [5.74, 6) is 1.30. The second-order valence-corrected chi connectivity index (χ2v) is 37.3. The molecular formula is C134H86N6OS. The van der Waals surface area contributed by atoms with Gasteiger partial charge in [-0.25, -0.2) is 19.9 Å². The van der Waals surface area contributed by atoms with Gasteiger partial charge in [-0.2, -0.15) is 0 Å². The molecule has 0 saturated carbocycles. The first-order valence-electron chi connectivity index (χ1n) is 48.2. The Labute approximate surface area is 825 Å². The zero-order chi connectivity index (χ0) is 93.9. The zero-order valence-corrected chi connectivity index (χ0v) is 78.0. The second kappa shape index (κ2) is 36.1. The van der Waals surface area contributed by atoms with Gasteiger partial charge in [0.2, 0.25) is 0 Å². The van der Waals surface area contributed by atoms with Crippen molar-refractivity contribution in [1.82, 2.24) is 29.1 Å². The summed E-state index contributed by atoms with van der Waals surface area (Å²) in [6.45, 7) is 0. The largest absolute Gasteiger partial charge is 0.455 e. The van der Waals surface area contributed by atoms with Crippen LogP contribution in [0.5, 0.6) is 0 Å². The van der Waals surface area contributed by atoms with E-state index in [4.69, 9.17) is 24.4 Å². The molecule has 0 saturated heterocycles. The van der Waals surface area contributed by atoms with Gasteiger partial charge in [-0.05, 0) is 252 Å². The number of thiophene rings is 1. The van der Waals surface area contributed by atoms with Gasteiger partial charge in [-0.15, -0.1) is 11.3 Å². The van der Waals surface area contributed by atoms with E-state index in [2.05, 4.69) is 519 Å². The first-order valence-corrected chi connectivity index (χ1v) is 49.0. The van der Waals surface area contributed by atoms with Gasteiger partial charge in [-0.1, -0.05) is 370 Å². The van der Waals surface area contributed by atoms with Crippen LogP contribution in [0.4, 0.5) is 0 Å². The molecule has 0 amide bonds. The van der Waals surface area contributed by atoms with Gasteiger partial charge in [0.15, 0.2) is 11.6 Å². The number of rotatable bonds is 17. The van der Waals surface area contributed by atoms with E-state index in [9.17, 15) is 0 Å². The highest BCUT2D eigenvalue weighted by Crippen LogP contribution is 2.48. The molecule has 6 heterocycles. The number of nitrogens with zero attached hydrogens (tertiary/aromatic N) is 6. The Morgan fingerprint density at radius 3 is 0.958 bits per heavy atom. The lowest BCUT2D eigenvalue weighted by atomic mass is 9.92. The monoisotopic (exact) mass is 1830 g/mol. The Bertz CT molecular complexity index is 9470. The summed E-state index contributed by atoms with van der Waals surface area (Å²) in [5, 5.41) is 9.50. The van der Waals surface area contributed by atoms with Crippen LogP contribution in [0.1, 0.15) is 0 Å². The molecule has 0 bridgehead atoms. The molecule has 8 heteroatoms. The van der Waals surface area contributed by atoms with Crippen LogP contribution in [0.3, 0.4) is 0 Å². The fourth-order valence-electron chi connectivity index (χ4n) is 20.8. The Hall–Kier alpha value is -18.6. The molecule has 0 aliphatic heterocycles. The predicted molar refractivity (Wildman–Crippen MR) is 594 cm³/mol. The summed E-state index contributed by atoms with van der Waals surface area (Å²) >= 11 is 1.85. The third-order valence-corrected chi connectivity index (χ3v) is 28.7. The van der Waals surface area contributed by atoms with Crippen LogP contribution in [0.2, 0.25) is 0 Å². The van der Waals surface area contributed by atoms with Crippen molar-refractivity contribution in [3.63, 3.8) is 0 Å². The molecule has 0 atom stereocenters. The molecule has 0 spiro atoms. The number of benzene rings is 21. The highest BCUT2D eigenvalue weighted by molar-refractivity contribution is 7.25. The number of hydrogen-bond acceptors (Lipinski definition) is 6. The molecule has 664 valence electrons. The van der Waals surface area contributed by atoms with Gasteiger partial charge >= 0.3 is 0 Å². The van der Waals surface area contributed by atoms with Crippen LogP contribution in [0.25, 0.3) is 265 Å². The van der Waals surface area contributed by atoms with E-state index in [0.717, 1.165) is 162 Å². The van der Waals surface area contributed by atoms with Gasteiger partial charge < -0.3 is 13.6 Å². The molecule has 0 aliphatic rings. The van der Waals surface area contributed by atoms with Crippen molar-refractivity contribution in [2.45, 2.75) is 0 Å². The predicted octanol–water partition coefficient (Wildman–Crippen LogP) is 36.4. The molecule has 0 radical (unpaired) electrons. The molecule has 21 aromatic carbocycles. The normalized spacial score (nSPS) is 11.5. The third-order valence-electron chi connectivity index (χ3n) is 27.6. The molecular weight excluding hydrogens is 1740 g/mol. The maximum absolute atomic E-state index is 6.66. The molecule has 142 heavy (non-hydrogen) atoms. The van der Waals surface area contributed by atoms with Crippen molar-refractivity contribution in [2.24, 2.45) is 0 Å². The summed E-state index contributed by atoms with van der Waals surface area (Å²) in [6.07, 6.45) is 0. The lowest BCUT2D eigenvalue weighted by molar-refractivity contribution is 0.670. The minimum Gasteiger partial charge on any atom is -0.455 e.